The molecule has 0 aliphatic rings. The van der Waals surface area contributed by atoms with Gasteiger partial charge in [-0.3, -0.25) is 0 Å². The third-order valence-electron chi connectivity index (χ3n) is 1.18. The molecule has 3 N–H and O–H groups in total. The van der Waals surface area contributed by atoms with Crippen molar-refractivity contribution in [1.82, 2.24) is 0 Å². The van der Waals surface area contributed by atoms with Gasteiger partial charge in [-0.2, -0.15) is 0 Å². The normalized spacial score (nSPS) is 9.09. The lowest BCUT2D eigenvalue weighted by Crippen LogP contribution is -2.19. The predicted octanol–water partition coefficient (Wildman–Crippen LogP) is -0.0290. The Morgan fingerprint density at radius 2 is 1.91 bits per heavy atom. The molecule has 2 radical (unpaired) electrons. The lowest BCUT2D eigenvalue weighted by atomic mass is 9.96. The van der Waals surface area contributed by atoms with Crippen LogP contribution in [-0.2, 0) is 0 Å². The number of benzene rings is 1. The Kier molecular flexibility index (Phi) is 2.16. The molecule has 0 heterocycles. The van der Waals surface area contributed by atoms with E-state index >= 15 is 0 Å². The summed E-state index contributed by atoms with van der Waals surface area (Å²) >= 11 is 0. The molecule has 0 atom stereocenters. The van der Waals surface area contributed by atoms with E-state index in [0.717, 1.165) is 0 Å². The zero-order valence-corrected chi connectivity index (χ0v) is 5.87. The van der Waals surface area contributed by atoms with Crippen molar-refractivity contribution in [3.8, 4) is 0 Å². The Bertz CT molecular complexity index is 258. The molecule has 0 bridgehead atoms. The van der Waals surface area contributed by atoms with Crippen molar-refractivity contribution in [1.29, 1.82) is 0 Å². The molecular formula is C7H7BN2O. The highest BCUT2D eigenvalue weighted by Gasteiger charge is 1.92. The first-order valence-electron chi connectivity index (χ1n) is 3.10. The number of amides is 2. The third kappa shape index (κ3) is 2.33. The van der Waals surface area contributed by atoms with Gasteiger partial charge in [0.25, 0.3) is 0 Å². The highest BCUT2D eigenvalue weighted by atomic mass is 16.2. The molecule has 1 rings (SSSR count). The van der Waals surface area contributed by atoms with Gasteiger partial charge in [0.05, 0.1) is 0 Å². The van der Waals surface area contributed by atoms with Crippen molar-refractivity contribution < 1.29 is 4.79 Å². The summed E-state index contributed by atoms with van der Waals surface area (Å²) in [5, 5.41) is 2.42. The van der Waals surface area contributed by atoms with Crippen LogP contribution in [-0.4, -0.2) is 13.9 Å². The standard InChI is InChI=1S/C7H7BN2O/c8-5-1-3-6(4-2-5)10-7(9)11/h1-4H,(H3,9,10,11). The Balaban J connectivity index is 2.74. The van der Waals surface area contributed by atoms with Gasteiger partial charge in [-0.1, -0.05) is 17.6 Å². The molecule has 0 saturated carbocycles. The Morgan fingerprint density at radius 1 is 1.36 bits per heavy atom. The van der Waals surface area contributed by atoms with Gasteiger partial charge in [-0.05, 0) is 12.1 Å². The largest absolute Gasteiger partial charge is 0.351 e. The summed E-state index contributed by atoms with van der Waals surface area (Å²) in [4.78, 5) is 10.3. The summed E-state index contributed by atoms with van der Waals surface area (Å²) < 4.78 is 0. The van der Waals surface area contributed by atoms with Crippen molar-refractivity contribution in [3.63, 3.8) is 0 Å². The second-order valence-electron chi connectivity index (χ2n) is 2.11. The summed E-state index contributed by atoms with van der Waals surface area (Å²) in [6.45, 7) is 0. The lowest BCUT2D eigenvalue weighted by Gasteiger charge is -2.00. The van der Waals surface area contributed by atoms with Gasteiger partial charge in [0, 0.05) is 5.69 Å². The van der Waals surface area contributed by atoms with Gasteiger partial charge in [-0.15, -0.1) is 0 Å². The summed E-state index contributed by atoms with van der Waals surface area (Å²) in [5.74, 6) is 0. The van der Waals surface area contributed by atoms with E-state index in [4.69, 9.17) is 13.6 Å². The van der Waals surface area contributed by atoms with Gasteiger partial charge < -0.3 is 11.1 Å². The van der Waals surface area contributed by atoms with Gasteiger partial charge >= 0.3 is 6.03 Å². The zero-order chi connectivity index (χ0) is 8.27. The molecule has 0 spiro atoms. The number of carbonyl (C=O) groups is 1. The summed E-state index contributed by atoms with van der Waals surface area (Å²) in [7, 11) is 5.41. The molecule has 1 aromatic rings. The van der Waals surface area contributed by atoms with Crippen LogP contribution < -0.4 is 16.5 Å². The van der Waals surface area contributed by atoms with Crippen LogP contribution in [0.1, 0.15) is 0 Å². The second-order valence-corrected chi connectivity index (χ2v) is 2.11. The van der Waals surface area contributed by atoms with Crippen LogP contribution in [0.2, 0.25) is 0 Å². The zero-order valence-electron chi connectivity index (χ0n) is 5.87. The molecule has 0 aliphatic heterocycles. The maximum absolute atomic E-state index is 10.3. The van der Waals surface area contributed by atoms with Crippen LogP contribution in [0.5, 0.6) is 0 Å². The van der Waals surface area contributed by atoms with Gasteiger partial charge in [0.2, 0.25) is 0 Å². The van der Waals surface area contributed by atoms with Crippen molar-refractivity contribution in [2.75, 3.05) is 5.32 Å². The van der Waals surface area contributed by atoms with Crippen LogP contribution in [0, 0.1) is 0 Å². The summed E-state index contributed by atoms with van der Waals surface area (Å²) in [6.07, 6.45) is 0. The number of urea groups is 1. The van der Waals surface area contributed by atoms with Crippen LogP contribution in [0.25, 0.3) is 0 Å². The first-order chi connectivity index (χ1) is 5.18. The first-order valence-corrected chi connectivity index (χ1v) is 3.10. The van der Waals surface area contributed by atoms with Crippen LogP contribution >= 0.6 is 0 Å². The molecule has 4 heteroatoms. The minimum Gasteiger partial charge on any atom is -0.351 e. The molecule has 11 heavy (non-hydrogen) atoms. The molecule has 0 unspecified atom stereocenters. The van der Waals surface area contributed by atoms with Gasteiger partial charge in [-0.25, -0.2) is 4.79 Å². The van der Waals surface area contributed by atoms with E-state index in [9.17, 15) is 4.79 Å². The number of primary amides is 1. The predicted molar refractivity (Wildman–Crippen MR) is 45.0 cm³/mol. The number of carbonyl (C=O) groups excluding carboxylic acids is 1. The fraction of sp³-hybridized carbons (Fsp3) is 0. The highest BCUT2D eigenvalue weighted by Crippen LogP contribution is 2.01. The van der Waals surface area contributed by atoms with E-state index in [-0.39, 0.29) is 0 Å². The van der Waals surface area contributed by atoms with Gasteiger partial charge in [0.15, 0.2) is 0 Å². The SMILES string of the molecule is [B]c1ccc(NC(N)=O)cc1. The van der Waals surface area contributed by atoms with Crippen molar-refractivity contribution >= 4 is 25.0 Å². The molecule has 0 aliphatic carbocycles. The van der Waals surface area contributed by atoms with E-state index in [1.165, 1.54) is 0 Å². The Hall–Kier alpha value is -1.45. The smallest absolute Gasteiger partial charge is 0.316 e. The molecule has 2 amide bonds. The third-order valence-corrected chi connectivity index (χ3v) is 1.18. The van der Waals surface area contributed by atoms with Gasteiger partial charge in [0.1, 0.15) is 7.85 Å². The summed E-state index contributed by atoms with van der Waals surface area (Å²) in [6, 6.07) is 6.16. The number of hydrogen-bond donors (Lipinski definition) is 2. The number of anilines is 1. The van der Waals surface area contributed by atoms with Crippen molar-refractivity contribution in [3.05, 3.63) is 24.3 Å². The Labute approximate surface area is 66.0 Å². The lowest BCUT2D eigenvalue weighted by molar-refractivity contribution is 0.259. The quantitative estimate of drug-likeness (QED) is 0.537. The number of nitrogens with one attached hydrogen (secondary N) is 1. The Morgan fingerprint density at radius 3 is 2.36 bits per heavy atom. The van der Waals surface area contributed by atoms with Crippen LogP contribution in [0.3, 0.4) is 0 Å². The van der Waals surface area contributed by atoms with E-state index in [0.29, 0.717) is 11.2 Å². The van der Waals surface area contributed by atoms with E-state index in [1.807, 2.05) is 0 Å². The van der Waals surface area contributed by atoms with E-state index < -0.39 is 6.03 Å². The number of nitrogens with two attached hydrogens (primary N) is 1. The maximum atomic E-state index is 10.3. The number of rotatable bonds is 1. The molecular weight excluding hydrogens is 139 g/mol. The van der Waals surface area contributed by atoms with Crippen LogP contribution in [0.4, 0.5) is 10.5 Å². The monoisotopic (exact) mass is 146 g/mol. The molecule has 3 nitrogen and oxygen atoms in total. The van der Waals surface area contributed by atoms with E-state index in [2.05, 4.69) is 5.32 Å². The first kappa shape index (κ1) is 7.66. The fourth-order valence-corrected chi connectivity index (χ4v) is 0.709. The van der Waals surface area contributed by atoms with Crippen molar-refractivity contribution in [2.24, 2.45) is 5.73 Å². The highest BCUT2D eigenvalue weighted by molar-refractivity contribution is 6.32. The fourth-order valence-electron chi connectivity index (χ4n) is 0.709. The van der Waals surface area contributed by atoms with Crippen LogP contribution in [0.15, 0.2) is 24.3 Å². The molecule has 0 aromatic heterocycles. The molecule has 0 saturated heterocycles. The molecule has 0 fully saturated rings. The average molecular weight is 146 g/mol. The maximum Gasteiger partial charge on any atom is 0.316 e. The number of hydrogen-bond acceptors (Lipinski definition) is 1. The van der Waals surface area contributed by atoms with Crippen molar-refractivity contribution in [2.45, 2.75) is 0 Å². The summed E-state index contributed by atoms with van der Waals surface area (Å²) in [5.41, 5.74) is 6.18. The minimum atomic E-state index is -0.574. The topological polar surface area (TPSA) is 55.1 Å². The molecule has 1 aromatic carbocycles. The minimum absolute atomic E-state index is 0.574. The molecule has 54 valence electrons. The van der Waals surface area contributed by atoms with E-state index in [1.54, 1.807) is 24.3 Å². The second kappa shape index (κ2) is 3.10. The average Bonchev–Trinajstić information content (AvgIpc) is 1.93.